The van der Waals surface area contributed by atoms with Crippen LogP contribution < -0.4 is 5.32 Å². The number of rotatable bonds is 3. The minimum atomic E-state index is 0.549. The van der Waals surface area contributed by atoms with Gasteiger partial charge in [0, 0.05) is 17.9 Å². The van der Waals surface area contributed by atoms with Crippen LogP contribution in [0.15, 0.2) is 36.5 Å². The first-order valence-corrected chi connectivity index (χ1v) is 7.07. The first-order valence-electron chi connectivity index (χ1n) is 7.07. The second-order valence-electron chi connectivity index (χ2n) is 5.25. The minimum Gasteiger partial charge on any atom is -0.310 e. The van der Waals surface area contributed by atoms with E-state index in [9.17, 15) is 0 Å². The number of nitrogens with zero attached hydrogens (tertiary/aromatic N) is 1. The molecule has 0 amide bonds. The molecule has 0 saturated carbocycles. The van der Waals surface area contributed by atoms with E-state index in [0.717, 1.165) is 12.2 Å². The van der Waals surface area contributed by atoms with E-state index < -0.39 is 0 Å². The Hall–Kier alpha value is -1.67. The van der Waals surface area contributed by atoms with Crippen LogP contribution in [0.5, 0.6) is 0 Å². The quantitative estimate of drug-likeness (QED) is 0.902. The molecule has 2 nitrogen and oxygen atoms in total. The number of aromatic nitrogens is 1. The monoisotopic (exact) mass is 252 g/mol. The van der Waals surface area contributed by atoms with Crippen LogP contribution in [0.2, 0.25) is 0 Å². The predicted molar refractivity (Wildman–Crippen MR) is 79.1 cm³/mol. The number of pyridine rings is 1. The van der Waals surface area contributed by atoms with E-state index in [-0.39, 0.29) is 0 Å². The van der Waals surface area contributed by atoms with Crippen LogP contribution in [0.25, 0.3) is 11.1 Å². The molecule has 0 fully saturated rings. The smallest absolute Gasteiger partial charge is 0.0378 e. The van der Waals surface area contributed by atoms with Gasteiger partial charge in [0.1, 0.15) is 0 Å². The van der Waals surface area contributed by atoms with Crippen LogP contribution in [0.3, 0.4) is 0 Å². The molecule has 1 atom stereocenters. The normalized spacial score (nSPS) is 17.5. The van der Waals surface area contributed by atoms with Gasteiger partial charge in [0.2, 0.25) is 0 Å². The molecule has 0 saturated heterocycles. The zero-order valence-corrected chi connectivity index (χ0v) is 11.6. The van der Waals surface area contributed by atoms with E-state index >= 15 is 0 Å². The van der Waals surface area contributed by atoms with Gasteiger partial charge in [-0.2, -0.15) is 0 Å². The highest BCUT2D eigenvalue weighted by atomic mass is 14.9. The molecular weight excluding hydrogens is 232 g/mol. The van der Waals surface area contributed by atoms with E-state index in [1.165, 1.54) is 35.1 Å². The van der Waals surface area contributed by atoms with Crippen molar-refractivity contribution in [3.63, 3.8) is 0 Å². The summed E-state index contributed by atoms with van der Waals surface area (Å²) in [6.45, 7) is 5.25. The number of nitrogens with one attached hydrogen (secondary N) is 1. The van der Waals surface area contributed by atoms with Crippen molar-refractivity contribution in [3.8, 4) is 11.1 Å². The van der Waals surface area contributed by atoms with Crippen molar-refractivity contribution >= 4 is 0 Å². The summed E-state index contributed by atoms with van der Waals surface area (Å²) in [6, 6.07) is 11.7. The molecule has 0 spiro atoms. The lowest BCUT2D eigenvalue weighted by atomic mass is 10.00. The molecule has 19 heavy (non-hydrogen) atoms. The third kappa shape index (κ3) is 2.41. The average Bonchev–Trinajstić information content (AvgIpc) is 2.82. The van der Waals surface area contributed by atoms with E-state index in [2.05, 4.69) is 47.6 Å². The van der Waals surface area contributed by atoms with Crippen LogP contribution in [0.4, 0.5) is 0 Å². The topological polar surface area (TPSA) is 24.9 Å². The van der Waals surface area contributed by atoms with Crippen molar-refractivity contribution in [2.45, 2.75) is 32.7 Å². The molecule has 1 aliphatic carbocycles. The molecule has 98 valence electrons. The maximum Gasteiger partial charge on any atom is 0.0378 e. The Morgan fingerprint density at radius 1 is 1.21 bits per heavy atom. The molecule has 0 aliphatic heterocycles. The summed E-state index contributed by atoms with van der Waals surface area (Å²) in [5.41, 5.74) is 6.63. The number of hydrogen-bond acceptors (Lipinski definition) is 2. The molecule has 1 heterocycles. The van der Waals surface area contributed by atoms with Crippen LogP contribution >= 0.6 is 0 Å². The Kier molecular flexibility index (Phi) is 3.34. The second kappa shape index (κ2) is 5.14. The van der Waals surface area contributed by atoms with Gasteiger partial charge < -0.3 is 5.32 Å². The molecule has 3 rings (SSSR count). The van der Waals surface area contributed by atoms with Crippen molar-refractivity contribution in [2.24, 2.45) is 0 Å². The molecule has 1 unspecified atom stereocenters. The first kappa shape index (κ1) is 12.4. The van der Waals surface area contributed by atoms with Gasteiger partial charge in [-0.25, -0.2) is 0 Å². The van der Waals surface area contributed by atoms with Gasteiger partial charge in [-0.05, 0) is 60.7 Å². The van der Waals surface area contributed by atoms with Gasteiger partial charge in [0.25, 0.3) is 0 Å². The third-order valence-electron chi connectivity index (χ3n) is 3.90. The van der Waals surface area contributed by atoms with E-state index in [1.807, 2.05) is 13.1 Å². The van der Waals surface area contributed by atoms with Crippen molar-refractivity contribution < 1.29 is 0 Å². The third-order valence-corrected chi connectivity index (χ3v) is 3.90. The molecule has 1 aliphatic rings. The second-order valence-corrected chi connectivity index (χ2v) is 5.25. The van der Waals surface area contributed by atoms with Crippen molar-refractivity contribution in [3.05, 3.63) is 53.3 Å². The lowest BCUT2D eigenvalue weighted by molar-refractivity contribution is 0.549. The number of aryl methyl sites for hydroxylation is 2. The fourth-order valence-electron chi connectivity index (χ4n) is 2.98. The summed E-state index contributed by atoms with van der Waals surface area (Å²) < 4.78 is 0. The van der Waals surface area contributed by atoms with Gasteiger partial charge in [-0.15, -0.1) is 0 Å². The van der Waals surface area contributed by atoms with Crippen molar-refractivity contribution in [1.82, 2.24) is 10.3 Å². The van der Waals surface area contributed by atoms with E-state index in [4.69, 9.17) is 0 Å². The maximum atomic E-state index is 4.26. The zero-order chi connectivity index (χ0) is 13.2. The summed E-state index contributed by atoms with van der Waals surface area (Å²) in [4.78, 5) is 4.26. The fraction of sp³-hybridized carbons (Fsp3) is 0.353. The lowest BCUT2D eigenvalue weighted by Gasteiger charge is -2.13. The molecule has 2 heteroatoms. The summed E-state index contributed by atoms with van der Waals surface area (Å²) in [5, 5.41) is 3.56. The Morgan fingerprint density at radius 2 is 2.05 bits per heavy atom. The SMILES string of the molecule is CCNC1CCc2cc(-c3ccnc(C)c3)ccc21. The van der Waals surface area contributed by atoms with Gasteiger partial charge in [-0.1, -0.05) is 25.1 Å². The lowest BCUT2D eigenvalue weighted by Crippen LogP contribution is -2.18. The minimum absolute atomic E-state index is 0.549. The Morgan fingerprint density at radius 3 is 2.84 bits per heavy atom. The largest absolute Gasteiger partial charge is 0.310 e. The molecule has 0 bridgehead atoms. The zero-order valence-electron chi connectivity index (χ0n) is 11.6. The number of fused-ring (bicyclic) bond motifs is 1. The Bertz CT molecular complexity index is 590. The molecule has 0 radical (unpaired) electrons. The standard InChI is InChI=1S/C17H20N2/c1-3-18-17-7-5-15-11-13(4-6-16(15)17)14-8-9-19-12(2)10-14/h4,6,8-11,17-18H,3,5,7H2,1-2H3. The van der Waals surface area contributed by atoms with Crippen LogP contribution in [0, 0.1) is 6.92 Å². The van der Waals surface area contributed by atoms with Crippen LogP contribution in [-0.4, -0.2) is 11.5 Å². The van der Waals surface area contributed by atoms with Gasteiger partial charge in [0.05, 0.1) is 0 Å². The predicted octanol–water partition coefficient (Wildman–Crippen LogP) is 3.65. The highest BCUT2D eigenvalue weighted by Crippen LogP contribution is 2.34. The number of benzene rings is 1. The summed E-state index contributed by atoms with van der Waals surface area (Å²) >= 11 is 0. The Labute approximate surface area is 114 Å². The highest BCUT2D eigenvalue weighted by molar-refractivity contribution is 5.65. The van der Waals surface area contributed by atoms with E-state index in [0.29, 0.717) is 6.04 Å². The maximum absolute atomic E-state index is 4.26. The molecule has 1 aromatic heterocycles. The van der Waals surface area contributed by atoms with Crippen LogP contribution in [-0.2, 0) is 6.42 Å². The molecule has 1 N–H and O–H groups in total. The summed E-state index contributed by atoms with van der Waals surface area (Å²) in [5.74, 6) is 0. The van der Waals surface area contributed by atoms with Gasteiger partial charge in [0.15, 0.2) is 0 Å². The van der Waals surface area contributed by atoms with Gasteiger partial charge in [-0.3, -0.25) is 4.98 Å². The van der Waals surface area contributed by atoms with E-state index in [1.54, 1.807) is 0 Å². The summed E-state index contributed by atoms with van der Waals surface area (Å²) in [6.07, 6.45) is 4.30. The summed E-state index contributed by atoms with van der Waals surface area (Å²) in [7, 11) is 0. The van der Waals surface area contributed by atoms with Crippen LogP contribution in [0.1, 0.15) is 36.2 Å². The average molecular weight is 252 g/mol. The van der Waals surface area contributed by atoms with Crippen molar-refractivity contribution in [1.29, 1.82) is 0 Å². The number of hydrogen-bond donors (Lipinski definition) is 1. The molecular formula is C17H20N2. The molecule has 1 aromatic carbocycles. The Balaban J connectivity index is 1.95. The van der Waals surface area contributed by atoms with Crippen molar-refractivity contribution in [2.75, 3.05) is 6.54 Å². The highest BCUT2D eigenvalue weighted by Gasteiger charge is 2.21. The van der Waals surface area contributed by atoms with Gasteiger partial charge >= 0.3 is 0 Å². The first-order chi connectivity index (χ1) is 9.28. The molecule has 2 aromatic rings. The fourth-order valence-corrected chi connectivity index (χ4v) is 2.98.